The number of hydrogen-bond donors (Lipinski definition) is 3. The topological polar surface area (TPSA) is 138 Å². The molecule has 1 saturated heterocycles. The largest absolute Gasteiger partial charge is 0.475 e. The van der Waals surface area contributed by atoms with Crippen LogP contribution in [-0.2, 0) is 14.3 Å². The van der Waals surface area contributed by atoms with Gasteiger partial charge in [-0.25, -0.2) is 14.0 Å². The number of rotatable bonds is 8. The van der Waals surface area contributed by atoms with Crippen LogP contribution in [0.5, 0.6) is 0 Å². The smallest absolute Gasteiger partial charge is 0.407 e. The number of alkyl halides is 1. The molecule has 2 saturated carbocycles. The van der Waals surface area contributed by atoms with Crippen molar-refractivity contribution in [1.82, 2.24) is 10.2 Å². The Morgan fingerprint density at radius 2 is 1.73 bits per heavy atom. The molecule has 2 aromatic rings. The number of carboxylic acids is 1. The maximum absolute atomic E-state index is 14.0. The van der Waals surface area contributed by atoms with Crippen LogP contribution in [0.15, 0.2) is 28.7 Å². The molecule has 1 aromatic heterocycles. The summed E-state index contributed by atoms with van der Waals surface area (Å²) in [7, 11) is 0. The van der Waals surface area contributed by atoms with Crippen molar-refractivity contribution < 1.29 is 37.8 Å². The van der Waals surface area contributed by atoms with Crippen LogP contribution in [0.4, 0.5) is 14.9 Å². The van der Waals surface area contributed by atoms with Gasteiger partial charge in [0.2, 0.25) is 17.6 Å². The first-order chi connectivity index (χ1) is 21.4. The summed E-state index contributed by atoms with van der Waals surface area (Å²) in [6, 6.07) is 5.16. The van der Waals surface area contributed by atoms with Gasteiger partial charge in [-0.2, -0.15) is 0 Å². The van der Waals surface area contributed by atoms with Crippen molar-refractivity contribution in [1.29, 1.82) is 0 Å². The lowest BCUT2D eigenvalue weighted by Gasteiger charge is -2.37. The second kappa shape index (κ2) is 13.8. The number of amides is 3. The molecule has 3 fully saturated rings. The number of carbonyl (C=O) groups excluding carboxylic acids is 3. The van der Waals surface area contributed by atoms with Gasteiger partial charge in [0.25, 0.3) is 0 Å². The number of likely N-dealkylation sites (tertiary alicyclic amines) is 1. The number of alkyl carbamates (subject to hydrolysis) is 1. The van der Waals surface area contributed by atoms with Crippen molar-refractivity contribution in [3.05, 3.63) is 30.0 Å². The van der Waals surface area contributed by atoms with Gasteiger partial charge in [-0.1, -0.05) is 32.1 Å². The Morgan fingerprint density at radius 1 is 1.02 bits per heavy atom. The summed E-state index contributed by atoms with van der Waals surface area (Å²) < 4.78 is 24.6. The predicted molar refractivity (Wildman–Crippen MR) is 167 cm³/mol. The lowest BCUT2D eigenvalue weighted by Crippen LogP contribution is -2.50. The number of carboxylic acid groups (broad SMARTS) is 1. The zero-order valence-electron chi connectivity index (χ0n) is 26.5. The molecule has 246 valence electrons. The highest BCUT2D eigenvalue weighted by molar-refractivity contribution is 6.00. The first kappa shape index (κ1) is 32.8. The molecule has 3 aliphatic rings. The third kappa shape index (κ3) is 7.79. The Hall–Kier alpha value is -3.63. The maximum atomic E-state index is 14.0. The normalized spacial score (nSPS) is 25.1. The molecule has 5 rings (SSSR count). The average molecular weight is 628 g/mol. The van der Waals surface area contributed by atoms with Crippen molar-refractivity contribution in [3.63, 3.8) is 0 Å². The maximum Gasteiger partial charge on any atom is 0.407 e. The minimum absolute atomic E-state index is 0.0276. The minimum atomic E-state index is -1.17. The molecule has 1 aliphatic heterocycles. The molecule has 0 radical (unpaired) electrons. The summed E-state index contributed by atoms with van der Waals surface area (Å²) in [5.74, 6) is -1.52. The van der Waals surface area contributed by atoms with Gasteiger partial charge in [-0.15, -0.1) is 0 Å². The van der Waals surface area contributed by atoms with Gasteiger partial charge in [0.05, 0.1) is 6.04 Å². The van der Waals surface area contributed by atoms with Crippen LogP contribution in [0.2, 0.25) is 0 Å². The molecule has 11 heteroatoms. The number of hydrogen-bond acceptors (Lipinski definition) is 6. The lowest BCUT2D eigenvalue weighted by atomic mass is 9.76. The Balaban J connectivity index is 1.27. The summed E-state index contributed by atoms with van der Waals surface area (Å²) in [5.41, 5.74) is 0.246. The fraction of sp³-hybridized carbons (Fsp3) is 0.647. The van der Waals surface area contributed by atoms with E-state index in [1.807, 2.05) is 0 Å². The second-order valence-electron chi connectivity index (χ2n) is 14.0. The molecule has 3 amide bonds. The Morgan fingerprint density at radius 3 is 2.38 bits per heavy atom. The standard InChI is InChI=1S/C34H46FN3O7/c1-34(2,3)45-33(43)37-26(19-35)21-9-11-22(12-10-21)31(40)38-16-15-25(20-7-5-4-6-8-20)29(38)30(39)36-24-13-14-27-23(17-24)18-28(44-27)32(41)42/h13-14,17-18,20-22,25-26,29H,4-12,15-16,19H2,1-3H3,(H,36,39)(H,37,43)(H,41,42)/t21?,22?,25-,26+,29-/m0/s1. The van der Waals surface area contributed by atoms with Gasteiger partial charge in [-0.3, -0.25) is 9.59 Å². The van der Waals surface area contributed by atoms with Crippen molar-refractivity contribution in [2.75, 3.05) is 18.5 Å². The van der Waals surface area contributed by atoms with Crippen LogP contribution >= 0.6 is 0 Å². The Bertz CT molecular complexity index is 1390. The molecule has 2 aliphatic carbocycles. The number of carbonyl (C=O) groups is 4. The monoisotopic (exact) mass is 627 g/mol. The van der Waals surface area contributed by atoms with Crippen molar-refractivity contribution in [2.24, 2.45) is 23.7 Å². The third-order valence-corrected chi connectivity index (χ3v) is 9.80. The number of nitrogens with zero attached hydrogens (tertiary/aromatic N) is 1. The van der Waals surface area contributed by atoms with E-state index >= 15 is 0 Å². The van der Waals surface area contributed by atoms with E-state index in [2.05, 4.69) is 10.6 Å². The molecule has 0 bridgehead atoms. The number of fused-ring (bicyclic) bond motifs is 1. The third-order valence-electron chi connectivity index (χ3n) is 9.80. The van der Waals surface area contributed by atoms with Crippen LogP contribution in [0, 0.1) is 23.7 Å². The predicted octanol–water partition coefficient (Wildman–Crippen LogP) is 6.54. The molecule has 0 spiro atoms. The number of halogens is 1. The molecule has 10 nitrogen and oxygen atoms in total. The number of anilines is 1. The van der Waals surface area contributed by atoms with Gasteiger partial charge in [0.1, 0.15) is 23.9 Å². The first-order valence-corrected chi connectivity index (χ1v) is 16.4. The molecule has 2 heterocycles. The quantitative estimate of drug-likeness (QED) is 0.302. The highest BCUT2D eigenvalue weighted by atomic mass is 19.1. The summed E-state index contributed by atoms with van der Waals surface area (Å²) >= 11 is 0. The average Bonchev–Trinajstić information content (AvgIpc) is 3.64. The zero-order chi connectivity index (χ0) is 32.3. The summed E-state index contributed by atoms with van der Waals surface area (Å²) in [6.45, 7) is 5.09. The summed E-state index contributed by atoms with van der Waals surface area (Å²) in [5, 5.41) is 15.5. The van der Waals surface area contributed by atoms with Crippen LogP contribution in [0.3, 0.4) is 0 Å². The summed E-state index contributed by atoms with van der Waals surface area (Å²) in [6.07, 6.45) is 8.02. The molecule has 0 unspecified atom stereocenters. The molecule has 45 heavy (non-hydrogen) atoms. The molecule has 3 atom stereocenters. The van der Waals surface area contributed by atoms with Gasteiger partial charge >= 0.3 is 12.1 Å². The van der Waals surface area contributed by atoms with E-state index in [9.17, 15) is 28.7 Å². The molecule has 3 N–H and O–H groups in total. The highest BCUT2D eigenvalue weighted by Gasteiger charge is 2.47. The van der Waals surface area contributed by atoms with Crippen LogP contribution in [-0.4, -0.2) is 64.8 Å². The Kier molecular flexibility index (Phi) is 10.0. The number of ether oxygens (including phenoxy) is 1. The fourth-order valence-corrected chi connectivity index (χ4v) is 7.64. The lowest BCUT2D eigenvalue weighted by molar-refractivity contribution is -0.142. The number of benzene rings is 1. The number of nitrogens with one attached hydrogen (secondary N) is 2. The first-order valence-electron chi connectivity index (χ1n) is 16.4. The SMILES string of the molecule is CC(C)(C)OC(=O)N[C@H](CF)C1CCC(C(=O)N2CC[C@@H](C3CCCCC3)[C@H]2C(=O)Nc2ccc3oc(C(=O)O)cc3c2)CC1. The van der Waals surface area contributed by atoms with Crippen LogP contribution in [0.25, 0.3) is 11.0 Å². The highest BCUT2D eigenvalue weighted by Crippen LogP contribution is 2.41. The van der Waals surface area contributed by atoms with Gasteiger partial charge in [0, 0.05) is 23.5 Å². The van der Waals surface area contributed by atoms with Gasteiger partial charge < -0.3 is 29.8 Å². The van der Waals surface area contributed by atoms with Gasteiger partial charge in [0.15, 0.2) is 0 Å². The van der Waals surface area contributed by atoms with E-state index in [0.29, 0.717) is 54.8 Å². The van der Waals surface area contributed by atoms with Crippen LogP contribution in [0.1, 0.15) is 95.5 Å². The Labute approximate surface area is 263 Å². The summed E-state index contributed by atoms with van der Waals surface area (Å²) in [4.78, 5) is 53.4. The van der Waals surface area contributed by atoms with Crippen molar-refractivity contribution in [3.8, 4) is 0 Å². The van der Waals surface area contributed by atoms with Crippen molar-refractivity contribution >= 4 is 40.5 Å². The van der Waals surface area contributed by atoms with E-state index in [1.54, 1.807) is 43.9 Å². The van der Waals surface area contributed by atoms with E-state index in [4.69, 9.17) is 9.15 Å². The van der Waals surface area contributed by atoms with E-state index < -0.39 is 36.4 Å². The molecular formula is C34H46FN3O7. The molecular weight excluding hydrogens is 581 g/mol. The second-order valence-corrected chi connectivity index (χ2v) is 14.0. The van der Waals surface area contributed by atoms with E-state index in [1.165, 1.54) is 12.5 Å². The van der Waals surface area contributed by atoms with E-state index in [-0.39, 0.29) is 35.3 Å². The number of furan rings is 1. The molecule has 1 aromatic carbocycles. The van der Waals surface area contributed by atoms with E-state index in [0.717, 1.165) is 32.1 Å². The van der Waals surface area contributed by atoms with Crippen molar-refractivity contribution in [2.45, 2.75) is 103 Å². The van der Waals surface area contributed by atoms with Crippen LogP contribution < -0.4 is 10.6 Å². The zero-order valence-corrected chi connectivity index (χ0v) is 26.5. The van der Waals surface area contributed by atoms with Gasteiger partial charge in [-0.05, 0) is 94.9 Å². The number of aromatic carboxylic acids is 1. The minimum Gasteiger partial charge on any atom is -0.475 e. The fourth-order valence-electron chi connectivity index (χ4n) is 7.64.